The molecule has 1 amide bonds. The first-order valence-electron chi connectivity index (χ1n) is 4.72. The van der Waals surface area contributed by atoms with Gasteiger partial charge in [0.15, 0.2) is 0 Å². The van der Waals surface area contributed by atoms with Crippen molar-refractivity contribution in [2.45, 2.75) is 33.6 Å². The molecule has 76 valence electrons. The summed E-state index contributed by atoms with van der Waals surface area (Å²) in [5.74, 6) is 0.408. The summed E-state index contributed by atoms with van der Waals surface area (Å²) in [7, 11) is 0. The predicted molar refractivity (Wildman–Crippen MR) is 57.6 cm³/mol. The van der Waals surface area contributed by atoms with Gasteiger partial charge in [-0.1, -0.05) is 36.7 Å². The van der Waals surface area contributed by atoms with Crippen LogP contribution >= 0.6 is 15.9 Å². The SMILES string of the molecule is CC1(C)[C@H](CBr)CC[C@@]1(C)C(N)=O. The van der Waals surface area contributed by atoms with E-state index in [4.69, 9.17) is 5.73 Å². The zero-order chi connectivity index (χ0) is 10.3. The van der Waals surface area contributed by atoms with Crippen LogP contribution in [-0.4, -0.2) is 11.2 Å². The molecule has 2 atom stereocenters. The maximum atomic E-state index is 11.4. The van der Waals surface area contributed by atoms with E-state index in [0.717, 1.165) is 18.2 Å². The van der Waals surface area contributed by atoms with Crippen molar-refractivity contribution < 1.29 is 4.79 Å². The first kappa shape index (κ1) is 11.0. The Labute approximate surface area is 88.4 Å². The molecule has 1 aliphatic carbocycles. The summed E-state index contributed by atoms with van der Waals surface area (Å²) in [5, 5.41) is 0.961. The average Bonchev–Trinajstić information content (AvgIpc) is 2.25. The van der Waals surface area contributed by atoms with Gasteiger partial charge in [-0.3, -0.25) is 4.79 Å². The van der Waals surface area contributed by atoms with Crippen molar-refractivity contribution >= 4 is 21.8 Å². The van der Waals surface area contributed by atoms with Gasteiger partial charge in [-0.15, -0.1) is 0 Å². The highest BCUT2D eigenvalue weighted by atomic mass is 79.9. The molecule has 0 aliphatic heterocycles. The first-order valence-corrected chi connectivity index (χ1v) is 5.84. The lowest BCUT2D eigenvalue weighted by atomic mass is 9.66. The van der Waals surface area contributed by atoms with E-state index in [1.54, 1.807) is 0 Å². The van der Waals surface area contributed by atoms with Crippen LogP contribution in [0.15, 0.2) is 0 Å². The fourth-order valence-corrected chi connectivity index (χ4v) is 3.44. The smallest absolute Gasteiger partial charge is 0.223 e. The Hall–Kier alpha value is -0.0500. The second kappa shape index (κ2) is 3.26. The maximum Gasteiger partial charge on any atom is 0.223 e. The molecule has 0 radical (unpaired) electrons. The van der Waals surface area contributed by atoms with Gasteiger partial charge in [-0.05, 0) is 24.2 Å². The third-order valence-electron chi connectivity index (χ3n) is 4.17. The Morgan fingerprint density at radius 2 is 2.08 bits per heavy atom. The predicted octanol–water partition coefficient (Wildman–Crippen LogP) is 2.31. The molecule has 13 heavy (non-hydrogen) atoms. The molecule has 0 aromatic carbocycles. The van der Waals surface area contributed by atoms with Gasteiger partial charge in [0.05, 0.1) is 5.41 Å². The molecule has 1 saturated carbocycles. The molecular weight excluding hydrogens is 230 g/mol. The molecule has 1 fully saturated rings. The van der Waals surface area contributed by atoms with Crippen molar-refractivity contribution in [2.24, 2.45) is 22.5 Å². The summed E-state index contributed by atoms with van der Waals surface area (Å²) < 4.78 is 0. The molecule has 0 aromatic heterocycles. The number of alkyl halides is 1. The lowest BCUT2D eigenvalue weighted by molar-refractivity contribution is -0.132. The Kier molecular flexibility index (Phi) is 2.77. The van der Waals surface area contributed by atoms with Crippen LogP contribution in [0.25, 0.3) is 0 Å². The number of halogens is 1. The summed E-state index contributed by atoms with van der Waals surface area (Å²) in [6.45, 7) is 6.30. The van der Waals surface area contributed by atoms with Crippen LogP contribution < -0.4 is 5.73 Å². The van der Waals surface area contributed by atoms with Crippen molar-refractivity contribution in [1.29, 1.82) is 0 Å². The average molecular weight is 248 g/mol. The van der Waals surface area contributed by atoms with Crippen LogP contribution in [0.1, 0.15) is 33.6 Å². The Morgan fingerprint density at radius 3 is 2.31 bits per heavy atom. The van der Waals surface area contributed by atoms with Gasteiger partial charge in [-0.25, -0.2) is 0 Å². The molecule has 0 bridgehead atoms. The zero-order valence-electron chi connectivity index (χ0n) is 8.56. The minimum absolute atomic E-state index is 0.0162. The van der Waals surface area contributed by atoms with Gasteiger partial charge >= 0.3 is 0 Å². The minimum Gasteiger partial charge on any atom is -0.369 e. The van der Waals surface area contributed by atoms with E-state index in [0.29, 0.717) is 5.92 Å². The number of hydrogen-bond donors (Lipinski definition) is 1. The fourth-order valence-electron chi connectivity index (χ4n) is 2.31. The topological polar surface area (TPSA) is 43.1 Å². The summed E-state index contributed by atoms with van der Waals surface area (Å²) in [5.41, 5.74) is 5.16. The van der Waals surface area contributed by atoms with E-state index < -0.39 is 0 Å². The van der Waals surface area contributed by atoms with Gasteiger partial charge in [-0.2, -0.15) is 0 Å². The van der Waals surface area contributed by atoms with Gasteiger partial charge < -0.3 is 5.73 Å². The monoisotopic (exact) mass is 247 g/mol. The lowest BCUT2D eigenvalue weighted by Gasteiger charge is -2.38. The number of amides is 1. The number of carbonyl (C=O) groups excluding carboxylic acids is 1. The number of nitrogens with two attached hydrogens (primary N) is 1. The molecule has 2 N–H and O–H groups in total. The van der Waals surface area contributed by atoms with Gasteiger partial charge in [0.25, 0.3) is 0 Å². The van der Waals surface area contributed by atoms with Gasteiger partial charge in [0.1, 0.15) is 0 Å². The quantitative estimate of drug-likeness (QED) is 0.748. The standard InChI is InChI=1S/C10H18BrNO/c1-9(2)7(6-11)4-5-10(9,3)8(12)13/h7H,4-6H2,1-3H3,(H2,12,13)/t7-,10-/m0/s1. The molecular formula is C10H18BrNO. The minimum atomic E-state index is -0.328. The Morgan fingerprint density at radius 1 is 1.54 bits per heavy atom. The van der Waals surface area contributed by atoms with Crippen LogP contribution in [0.5, 0.6) is 0 Å². The van der Waals surface area contributed by atoms with Crippen LogP contribution in [0.3, 0.4) is 0 Å². The highest BCUT2D eigenvalue weighted by molar-refractivity contribution is 9.09. The van der Waals surface area contributed by atoms with Crippen molar-refractivity contribution in [1.82, 2.24) is 0 Å². The number of carbonyl (C=O) groups is 1. The third kappa shape index (κ3) is 1.41. The van der Waals surface area contributed by atoms with E-state index in [9.17, 15) is 4.79 Å². The van der Waals surface area contributed by atoms with Crippen LogP contribution in [0.4, 0.5) is 0 Å². The van der Waals surface area contributed by atoms with Crippen molar-refractivity contribution in [2.75, 3.05) is 5.33 Å². The van der Waals surface area contributed by atoms with Gasteiger partial charge in [0.2, 0.25) is 5.91 Å². The number of hydrogen-bond acceptors (Lipinski definition) is 1. The second-order valence-electron chi connectivity index (χ2n) is 4.81. The molecule has 0 heterocycles. The van der Waals surface area contributed by atoms with E-state index in [1.807, 2.05) is 6.92 Å². The molecule has 2 nitrogen and oxygen atoms in total. The van der Waals surface area contributed by atoms with Crippen molar-refractivity contribution in [3.63, 3.8) is 0 Å². The number of rotatable bonds is 2. The molecule has 0 saturated heterocycles. The van der Waals surface area contributed by atoms with E-state index in [1.165, 1.54) is 0 Å². The van der Waals surface area contributed by atoms with E-state index in [-0.39, 0.29) is 16.7 Å². The molecule has 0 unspecified atom stereocenters. The summed E-state index contributed by atoms with van der Waals surface area (Å²) >= 11 is 3.50. The van der Waals surface area contributed by atoms with E-state index in [2.05, 4.69) is 29.8 Å². The lowest BCUT2D eigenvalue weighted by Crippen LogP contribution is -2.44. The second-order valence-corrected chi connectivity index (χ2v) is 5.46. The molecule has 1 aliphatic rings. The zero-order valence-corrected chi connectivity index (χ0v) is 10.1. The molecule has 0 spiro atoms. The van der Waals surface area contributed by atoms with Crippen LogP contribution in [0.2, 0.25) is 0 Å². The van der Waals surface area contributed by atoms with Crippen molar-refractivity contribution in [3.05, 3.63) is 0 Å². The molecule has 0 aromatic rings. The fraction of sp³-hybridized carbons (Fsp3) is 0.900. The van der Waals surface area contributed by atoms with Crippen LogP contribution in [0, 0.1) is 16.7 Å². The highest BCUT2D eigenvalue weighted by Gasteiger charge is 2.54. The summed E-state index contributed by atoms with van der Waals surface area (Å²) in [4.78, 5) is 11.4. The van der Waals surface area contributed by atoms with Gasteiger partial charge in [0, 0.05) is 5.33 Å². The molecule has 1 rings (SSSR count). The summed E-state index contributed by atoms with van der Waals surface area (Å²) in [6.07, 6.45) is 2.02. The summed E-state index contributed by atoms with van der Waals surface area (Å²) in [6, 6.07) is 0. The Balaban J connectivity index is 2.99. The third-order valence-corrected chi connectivity index (χ3v) is 4.95. The Bertz CT molecular complexity index is 227. The largest absolute Gasteiger partial charge is 0.369 e. The first-order chi connectivity index (χ1) is 5.86. The highest BCUT2D eigenvalue weighted by Crippen LogP contribution is 2.56. The maximum absolute atomic E-state index is 11.4. The van der Waals surface area contributed by atoms with Crippen molar-refractivity contribution in [3.8, 4) is 0 Å². The van der Waals surface area contributed by atoms with E-state index >= 15 is 0 Å². The normalized spacial score (nSPS) is 37.7. The number of primary amides is 1. The van der Waals surface area contributed by atoms with Crippen LogP contribution in [-0.2, 0) is 4.79 Å². The molecule has 3 heteroatoms.